The average molecular weight is 348 g/mol. The number of amides is 1. The summed E-state index contributed by atoms with van der Waals surface area (Å²) in [6, 6.07) is 8.68. The lowest BCUT2D eigenvalue weighted by atomic mass is 9.98. The van der Waals surface area contributed by atoms with E-state index in [4.69, 9.17) is 9.99 Å². The highest BCUT2D eigenvalue weighted by Gasteiger charge is 2.37. The molecule has 25 heavy (non-hydrogen) atoms. The summed E-state index contributed by atoms with van der Waals surface area (Å²) < 4.78 is 5.36. The van der Waals surface area contributed by atoms with Crippen molar-refractivity contribution in [2.24, 2.45) is 5.92 Å². The Kier molecular flexibility index (Phi) is 6.41. The van der Waals surface area contributed by atoms with Crippen LogP contribution in [0.2, 0.25) is 0 Å². The highest BCUT2D eigenvalue weighted by atomic mass is 17.1. The fraction of sp³-hybridized carbons (Fsp3) is 0.444. The Hall–Kier alpha value is -2.54. The van der Waals surface area contributed by atoms with Crippen molar-refractivity contribution in [1.29, 1.82) is 0 Å². The second-order valence-corrected chi connectivity index (χ2v) is 6.24. The third-order valence-corrected chi connectivity index (χ3v) is 4.18. The summed E-state index contributed by atoms with van der Waals surface area (Å²) in [5.41, 5.74) is 0.878. The van der Waals surface area contributed by atoms with Gasteiger partial charge in [0.05, 0.1) is 0 Å². The highest BCUT2D eigenvalue weighted by molar-refractivity contribution is 5.89. The number of carbonyl (C=O) groups excluding carboxylic acids is 2. The van der Waals surface area contributed by atoms with E-state index in [0.717, 1.165) is 5.56 Å². The van der Waals surface area contributed by atoms with Gasteiger partial charge in [0.15, 0.2) is 5.78 Å². The van der Waals surface area contributed by atoms with Crippen molar-refractivity contribution in [1.82, 2.24) is 9.80 Å². The monoisotopic (exact) mass is 348 g/mol. The maximum absolute atomic E-state index is 12.5. The summed E-state index contributed by atoms with van der Waals surface area (Å²) >= 11 is 0. The molecule has 7 heteroatoms. The van der Waals surface area contributed by atoms with E-state index in [1.165, 1.54) is 4.90 Å². The number of ether oxygens (including phenoxy) is 1. The van der Waals surface area contributed by atoms with E-state index in [0.29, 0.717) is 6.54 Å². The Labute approximate surface area is 147 Å². The molecule has 0 aliphatic carbocycles. The van der Waals surface area contributed by atoms with E-state index in [1.807, 2.05) is 30.3 Å². The van der Waals surface area contributed by atoms with Gasteiger partial charge < -0.3 is 14.5 Å². The molecule has 1 aromatic rings. The summed E-state index contributed by atoms with van der Waals surface area (Å²) in [4.78, 5) is 32.3. The zero-order chi connectivity index (χ0) is 18.4. The molecule has 1 amide bonds. The van der Waals surface area contributed by atoms with Gasteiger partial charge in [-0.1, -0.05) is 44.2 Å². The molecule has 1 N–H and O–H groups in total. The smallest absolute Gasteiger partial charge is 0.410 e. The first-order valence-corrected chi connectivity index (χ1v) is 8.20. The Bertz CT molecular complexity index is 617. The minimum absolute atomic E-state index is 0.0545. The number of rotatable bonds is 6. The zero-order valence-corrected chi connectivity index (χ0v) is 14.6. The fourth-order valence-electron chi connectivity index (χ4n) is 2.72. The third kappa shape index (κ3) is 4.73. The van der Waals surface area contributed by atoms with Gasteiger partial charge in [0.25, 0.3) is 0 Å². The molecule has 1 unspecified atom stereocenters. The van der Waals surface area contributed by atoms with Crippen LogP contribution in [0, 0.1) is 5.92 Å². The Balaban J connectivity index is 2.06. The molecule has 0 aromatic heterocycles. The van der Waals surface area contributed by atoms with Crippen molar-refractivity contribution in [2.45, 2.75) is 26.5 Å². The SMILES string of the molecule is C=C(OO)N1CCN(C(=O)OCc2ccccc2)C(C(=O)C(C)C)C1. The fourth-order valence-corrected chi connectivity index (χ4v) is 2.72. The van der Waals surface area contributed by atoms with E-state index >= 15 is 0 Å². The summed E-state index contributed by atoms with van der Waals surface area (Å²) in [5.74, 6) is -0.261. The summed E-state index contributed by atoms with van der Waals surface area (Å²) in [5, 5.41) is 8.78. The molecule has 1 aromatic carbocycles. The number of nitrogens with zero attached hydrogens (tertiary/aromatic N) is 2. The van der Waals surface area contributed by atoms with Crippen molar-refractivity contribution in [3.8, 4) is 0 Å². The normalized spacial score (nSPS) is 17.4. The van der Waals surface area contributed by atoms with Crippen LogP contribution in [0.1, 0.15) is 19.4 Å². The van der Waals surface area contributed by atoms with E-state index in [2.05, 4.69) is 11.5 Å². The van der Waals surface area contributed by atoms with Gasteiger partial charge in [-0.05, 0) is 12.1 Å². The van der Waals surface area contributed by atoms with Crippen LogP contribution < -0.4 is 0 Å². The minimum atomic E-state index is -0.677. The Morgan fingerprint density at radius 1 is 1.28 bits per heavy atom. The van der Waals surface area contributed by atoms with Crippen LogP contribution in [-0.2, 0) is 21.0 Å². The van der Waals surface area contributed by atoms with E-state index < -0.39 is 12.1 Å². The van der Waals surface area contributed by atoms with Crippen molar-refractivity contribution < 1.29 is 24.5 Å². The topological polar surface area (TPSA) is 79.3 Å². The molecule has 1 fully saturated rings. The summed E-state index contributed by atoms with van der Waals surface area (Å²) in [6.07, 6.45) is -0.530. The molecule has 136 valence electrons. The van der Waals surface area contributed by atoms with Crippen molar-refractivity contribution in [3.05, 3.63) is 48.4 Å². The number of carbonyl (C=O) groups is 2. The van der Waals surface area contributed by atoms with Crippen LogP contribution in [0.5, 0.6) is 0 Å². The first-order valence-electron chi connectivity index (χ1n) is 8.20. The van der Waals surface area contributed by atoms with E-state index in [-0.39, 0.29) is 37.3 Å². The molecule has 2 rings (SSSR count). The number of hydrogen-bond acceptors (Lipinski definition) is 6. The standard InChI is InChI=1S/C18H24N2O5/c1-13(2)17(21)16-11-19(14(3)25-23)9-10-20(16)18(22)24-12-15-7-5-4-6-8-15/h4-8,13,16,23H,3,9-12H2,1-2H3. The van der Waals surface area contributed by atoms with Gasteiger partial charge in [0, 0.05) is 25.6 Å². The van der Waals surface area contributed by atoms with Gasteiger partial charge >= 0.3 is 6.09 Å². The van der Waals surface area contributed by atoms with Crippen LogP contribution >= 0.6 is 0 Å². The van der Waals surface area contributed by atoms with Crippen LogP contribution in [0.4, 0.5) is 4.79 Å². The molecule has 1 heterocycles. The van der Waals surface area contributed by atoms with Gasteiger partial charge in [-0.25, -0.2) is 10.1 Å². The number of hydrogen-bond donors (Lipinski definition) is 1. The number of piperazine rings is 1. The minimum Gasteiger partial charge on any atom is -0.445 e. The van der Waals surface area contributed by atoms with Gasteiger partial charge in [0.2, 0.25) is 5.88 Å². The Morgan fingerprint density at radius 2 is 1.96 bits per heavy atom. The molecule has 0 radical (unpaired) electrons. The van der Waals surface area contributed by atoms with Crippen molar-refractivity contribution in [3.63, 3.8) is 0 Å². The van der Waals surface area contributed by atoms with Crippen molar-refractivity contribution >= 4 is 11.9 Å². The van der Waals surface area contributed by atoms with E-state index in [9.17, 15) is 9.59 Å². The predicted molar refractivity (Wildman–Crippen MR) is 91.4 cm³/mol. The second kappa shape index (κ2) is 8.53. The van der Waals surface area contributed by atoms with E-state index in [1.54, 1.807) is 18.7 Å². The first kappa shape index (κ1) is 18.8. The van der Waals surface area contributed by atoms with Crippen LogP contribution in [0.25, 0.3) is 0 Å². The van der Waals surface area contributed by atoms with Crippen LogP contribution in [0.15, 0.2) is 42.8 Å². The van der Waals surface area contributed by atoms with Gasteiger partial charge in [-0.2, -0.15) is 0 Å². The number of ketones is 1. The first-order chi connectivity index (χ1) is 11.9. The summed E-state index contributed by atoms with van der Waals surface area (Å²) in [7, 11) is 0. The summed E-state index contributed by atoms with van der Waals surface area (Å²) in [6.45, 7) is 8.18. The van der Waals surface area contributed by atoms with Crippen LogP contribution in [-0.4, -0.2) is 52.6 Å². The second-order valence-electron chi connectivity index (χ2n) is 6.24. The largest absolute Gasteiger partial charge is 0.445 e. The lowest BCUT2D eigenvalue weighted by Crippen LogP contribution is -2.58. The van der Waals surface area contributed by atoms with Gasteiger partial charge in [0.1, 0.15) is 12.6 Å². The van der Waals surface area contributed by atoms with Gasteiger partial charge in [-0.3, -0.25) is 9.69 Å². The lowest BCUT2D eigenvalue weighted by Gasteiger charge is -2.40. The molecular formula is C18H24N2O5. The molecule has 0 saturated carbocycles. The molecule has 1 aliphatic rings. The molecule has 1 aliphatic heterocycles. The number of Topliss-reactive ketones (excluding diaryl/α,β-unsaturated/α-hetero) is 1. The third-order valence-electron chi connectivity index (χ3n) is 4.18. The molecule has 0 spiro atoms. The molecule has 1 saturated heterocycles. The maximum atomic E-state index is 12.5. The average Bonchev–Trinajstić information content (AvgIpc) is 2.65. The maximum Gasteiger partial charge on any atom is 0.410 e. The quantitative estimate of drug-likeness (QED) is 0.483. The number of benzene rings is 1. The highest BCUT2D eigenvalue weighted by Crippen LogP contribution is 2.19. The van der Waals surface area contributed by atoms with Crippen molar-refractivity contribution in [2.75, 3.05) is 19.6 Å². The molecular weight excluding hydrogens is 324 g/mol. The molecule has 1 atom stereocenters. The molecule has 7 nitrogen and oxygen atoms in total. The van der Waals surface area contributed by atoms with Crippen LogP contribution in [0.3, 0.4) is 0 Å². The predicted octanol–water partition coefficient (Wildman–Crippen LogP) is 2.50. The molecule has 0 bridgehead atoms. The Morgan fingerprint density at radius 3 is 2.56 bits per heavy atom. The van der Waals surface area contributed by atoms with Gasteiger partial charge in [-0.15, -0.1) is 0 Å². The lowest BCUT2D eigenvalue weighted by molar-refractivity contribution is -0.226. The zero-order valence-electron chi connectivity index (χ0n) is 14.6.